The highest BCUT2D eigenvalue weighted by atomic mass is 16.6. The number of esters is 1. The summed E-state index contributed by atoms with van der Waals surface area (Å²) in [5.41, 5.74) is -2.79. The van der Waals surface area contributed by atoms with E-state index in [-0.39, 0.29) is 18.9 Å². The SMILES string of the molecule is CC1=C2[C@@H](O)C(=O)[C@@]3(C)C(C(C)[C@](O)(C[C@@H]1OC(=O)[C@H](O)[C@@H](C)c1ccccc1)C2(C)C)[C@]1(C)CO[C@@H]1C[C@@H]3O. The molecule has 8 heteroatoms. The minimum Gasteiger partial charge on any atom is -0.456 e. The van der Waals surface area contributed by atoms with Crippen LogP contribution in [0.1, 0.15) is 72.8 Å². The first-order valence-corrected chi connectivity index (χ1v) is 14.4. The molecule has 4 aliphatic rings. The molecule has 220 valence electrons. The van der Waals surface area contributed by atoms with Crippen molar-refractivity contribution in [2.75, 3.05) is 6.61 Å². The van der Waals surface area contributed by atoms with Crippen LogP contribution in [0.25, 0.3) is 0 Å². The molecule has 0 amide bonds. The van der Waals surface area contributed by atoms with Crippen molar-refractivity contribution in [3.63, 3.8) is 0 Å². The number of fused-ring (bicyclic) bond motifs is 5. The number of ketones is 1. The molecule has 0 radical (unpaired) electrons. The molecule has 1 aliphatic heterocycles. The van der Waals surface area contributed by atoms with Crippen LogP contribution in [0.15, 0.2) is 41.5 Å². The Kier molecular flexibility index (Phi) is 6.95. The summed E-state index contributed by atoms with van der Waals surface area (Å²) in [5.74, 6) is -2.88. The molecule has 1 heterocycles. The molecule has 1 aromatic rings. The van der Waals surface area contributed by atoms with Gasteiger partial charge < -0.3 is 29.9 Å². The average molecular weight is 557 g/mol. The van der Waals surface area contributed by atoms with Crippen LogP contribution < -0.4 is 0 Å². The van der Waals surface area contributed by atoms with Crippen LogP contribution in [-0.4, -0.2) is 74.9 Å². The van der Waals surface area contributed by atoms with Gasteiger partial charge in [0.2, 0.25) is 0 Å². The molecule has 5 rings (SSSR count). The summed E-state index contributed by atoms with van der Waals surface area (Å²) in [4.78, 5) is 27.5. The van der Waals surface area contributed by atoms with Crippen LogP contribution in [0.3, 0.4) is 0 Å². The Morgan fingerprint density at radius 2 is 1.75 bits per heavy atom. The highest BCUT2D eigenvalue weighted by molar-refractivity contribution is 5.93. The number of carbonyl (C=O) groups is 2. The molecule has 3 aliphatic carbocycles. The molecule has 8 nitrogen and oxygen atoms in total. The van der Waals surface area contributed by atoms with Gasteiger partial charge in [0.25, 0.3) is 0 Å². The van der Waals surface area contributed by atoms with E-state index in [1.165, 1.54) is 0 Å². The summed E-state index contributed by atoms with van der Waals surface area (Å²) in [6.45, 7) is 13.1. The van der Waals surface area contributed by atoms with Crippen molar-refractivity contribution in [1.82, 2.24) is 0 Å². The lowest BCUT2D eigenvalue weighted by molar-refractivity contribution is -0.302. The fourth-order valence-corrected chi connectivity index (χ4v) is 8.93. The zero-order chi connectivity index (χ0) is 29.6. The van der Waals surface area contributed by atoms with E-state index in [0.29, 0.717) is 17.8 Å². The molecule has 2 unspecified atom stereocenters. The fourth-order valence-electron chi connectivity index (χ4n) is 8.93. The molecule has 1 aromatic carbocycles. The number of hydrogen-bond acceptors (Lipinski definition) is 8. The van der Waals surface area contributed by atoms with E-state index in [9.17, 15) is 30.0 Å². The van der Waals surface area contributed by atoms with Crippen molar-refractivity contribution in [2.45, 2.75) is 103 Å². The second-order valence-electron chi connectivity index (χ2n) is 13.8. The molecule has 3 fully saturated rings. The maximum Gasteiger partial charge on any atom is 0.336 e. The number of benzene rings is 1. The van der Waals surface area contributed by atoms with Crippen molar-refractivity contribution in [3.05, 3.63) is 47.0 Å². The molecule has 0 aromatic heterocycles. The Morgan fingerprint density at radius 1 is 1.12 bits per heavy atom. The van der Waals surface area contributed by atoms with Gasteiger partial charge in [-0.1, -0.05) is 65.0 Å². The summed E-state index contributed by atoms with van der Waals surface area (Å²) >= 11 is 0. The lowest BCUT2D eigenvalue weighted by atomic mass is 9.40. The van der Waals surface area contributed by atoms with Crippen LogP contribution in [0.5, 0.6) is 0 Å². The number of carbonyl (C=O) groups excluding carboxylic acids is 2. The lowest BCUT2D eigenvalue weighted by Gasteiger charge is -2.68. The third kappa shape index (κ3) is 3.76. The topological polar surface area (TPSA) is 134 Å². The zero-order valence-corrected chi connectivity index (χ0v) is 24.5. The van der Waals surface area contributed by atoms with Crippen molar-refractivity contribution in [1.29, 1.82) is 0 Å². The van der Waals surface area contributed by atoms with Gasteiger partial charge >= 0.3 is 5.97 Å². The maximum atomic E-state index is 14.2. The first kappa shape index (κ1) is 29.4. The van der Waals surface area contributed by atoms with Crippen LogP contribution in [0.4, 0.5) is 0 Å². The van der Waals surface area contributed by atoms with E-state index in [1.54, 1.807) is 20.8 Å². The molecule has 1 saturated heterocycles. The quantitative estimate of drug-likeness (QED) is 0.329. The second kappa shape index (κ2) is 9.46. The standard InChI is InChI=1S/C32H44O8/c1-16(19-11-9-8-10-12-19)24(34)28(37)40-20-14-32(38)18(3)26-30(6)15-39-22(30)13-21(33)31(26,7)27(36)25(35)23(17(20)2)29(32,4)5/h8-12,16,18,20-22,24-26,33-35,38H,13-15H2,1-7H3/t16-,18?,20-,21-,22+,24+,25+,26?,30+,31+,32+/m0/s1. The minimum absolute atomic E-state index is 0.0276. The normalized spacial score (nSPS) is 43.8. The molecular weight excluding hydrogens is 512 g/mol. The van der Waals surface area contributed by atoms with E-state index in [2.05, 4.69) is 0 Å². The van der Waals surface area contributed by atoms with E-state index in [1.807, 2.05) is 58.0 Å². The van der Waals surface area contributed by atoms with Crippen molar-refractivity contribution >= 4 is 11.8 Å². The molecule has 2 saturated carbocycles. The van der Waals surface area contributed by atoms with Gasteiger partial charge in [0, 0.05) is 29.6 Å². The Hall–Kier alpha value is -2.10. The van der Waals surface area contributed by atoms with Gasteiger partial charge in [-0.25, -0.2) is 4.79 Å². The smallest absolute Gasteiger partial charge is 0.336 e. The largest absolute Gasteiger partial charge is 0.456 e. The molecular formula is C32H44O8. The first-order valence-electron chi connectivity index (χ1n) is 14.4. The van der Waals surface area contributed by atoms with Crippen LogP contribution in [0, 0.1) is 28.1 Å². The van der Waals surface area contributed by atoms with Gasteiger partial charge in [0.05, 0.1) is 29.8 Å². The van der Waals surface area contributed by atoms with Gasteiger partial charge in [0.1, 0.15) is 12.2 Å². The third-order valence-electron chi connectivity index (χ3n) is 11.6. The summed E-state index contributed by atoms with van der Waals surface area (Å²) in [7, 11) is 0. The molecule has 40 heavy (non-hydrogen) atoms. The third-order valence-corrected chi connectivity index (χ3v) is 11.6. The molecule has 4 N–H and O–H groups in total. The Morgan fingerprint density at radius 3 is 2.33 bits per heavy atom. The second-order valence-corrected chi connectivity index (χ2v) is 13.8. The van der Waals surface area contributed by atoms with Crippen LogP contribution in [0.2, 0.25) is 0 Å². The molecule has 2 bridgehead atoms. The van der Waals surface area contributed by atoms with Gasteiger partial charge in [-0.2, -0.15) is 0 Å². The number of hydrogen-bond donors (Lipinski definition) is 4. The van der Waals surface area contributed by atoms with E-state index >= 15 is 0 Å². The summed E-state index contributed by atoms with van der Waals surface area (Å²) in [6.07, 6.45) is -5.00. The van der Waals surface area contributed by atoms with E-state index in [4.69, 9.17) is 9.47 Å². The summed E-state index contributed by atoms with van der Waals surface area (Å²) in [5, 5.41) is 46.6. The monoisotopic (exact) mass is 556 g/mol. The number of aliphatic hydroxyl groups is 4. The Bertz CT molecular complexity index is 1220. The zero-order valence-electron chi connectivity index (χ0n) is 24.5. The highest BCUT2D eigenvalue weighted by Crippen LogP contribution is 2.66. The Balaban J connectivity index is 1.57. The predicted octanol–water partition coefficient (Wildman–Crippen LogP) is 2.91. The van der Waals surface area contributed by atoms with Gasteiger partial charge in [-0.05, 0) is 42.4 Å². The summed E-state index contributed by atoms with van der Waals surface area (Å²) in [6, 6.07) is 9.18. The Labute approximate surface area is 236 Å². The average Bonchev–Trinajstić information content (AvgIpc) is 2.91. The van der Waals surface area contributed by atoms with E-state index < -0.39 is 75.8 Å². The lowest BCUT2D eigenvalue weighted by Crippen LogP contribution is -2.75. The number of rotatable bonds is 4. The first-order chi connectivity index (χ1) is 18.5. The maximum absolute atomic E-state index is 14.2. The highest BCUT2D eigenvalue weighted by Gasteiger charge is 2.72. The fraction of sp³-hybridized carbons (Fsp3) is 0.688. The molecule has 0 spiro atoms. The van der Waals surface area contributed by atoms with Gasteiger partial charge in [-0.3, -0.25) is 4.79 Å². The van der Waals surface area contributed by atoms with Gasteiger partial charge in [-0.15, -0.1) is 0 Å². The van der Waals surface area contributed by atoms with Crippen LogP contribution in [-0.2, 0) is 19.1 Å². The van der Waals surface area contributed by atoms with Crippen LogP contribution >= 0.6 is 0 Å². The van der Waals surface area contributed by atoms with Crippen molar-refractivity contribution < 1.29 is 39.5 Å². The number of Topliss-reactive ketones (excluding diaryl/α,β-unsaturated/α-hetero) is 1. The minimum atomic E-state index is -1.60. The van der Waals surface area contributed by atoms with Crippen molar-refractivity contribution in [3.8, 4) is 0 Å². The number of ether oxygens (including phenoxy) is 2. The predicted molar refractivity (Wildman–Crippen MR) is 147 cm³/mol. The number of aliphatic hydroxyl groups excluding tert-OH is 3. The molecule has 11 atom stereocenters. The van der Waals surface area contributed by atoms with Gasteiger partial charge in [0.15, 0.2) is 11.9 Å². The summed E-state index contributed by atoms with van der Waals surface area (Å²) < 4.78 is 11.7. The van der Waals surface area contributed by atoms with Crippen molar-refractivity contribution in [2.24, 2.45) is 28.1 Å². The van der Waals surface area contributed by atoms with E-state index in [0.717, 1.165) is 5.56 Å².